The number of nitrogens with one attached hydrogen (secondary N) is 1. The minimum Gasteiger partial charge on any atom is -0.261 e. The molecule has 3 heteroatoms. The molecule has 90 valence electrons. The van der Waals surface area contributed by atoms with Crippen molar-refractivity contribution >= 4 is 16.7 Å². The standard InChI is InChI=1S/C15H15N3/c1-11-4-5-12-9-13(10-16)15(17-14(12)8-11)18-6-2-3-7-18/h4-5,8-9H,2-3,6-7H2,1H3/p+1. The molecule has 0 radical (unpaired) electrons. The summed E-state index contributed by atoms with van der Waals surface area (Å²) in [4.78, 5) is 5.71. The highest BCUT2D eigenvalue weighted by Gasteiger charge is 2.24. The molecule has 0 saturated carbocycles. The molecule has 1 aliphatic rings. The largest absolute Gasteiger partial charge is 0.293 e. The van der Waals surface area contributed by atoms with Gasteiger partial charge in [-0.15, -0.1) is 0 Å². The Kier molecular flexibility index (Phi) is 2.64. The molecule has 1 aromatic carbocycles. The van der Waals surface area contributed by atoms with Crippen LogP contribution in [0.25, 0.3) is 10.9 Å². The number of aromatic nitrogens is 1. The molecule has 0 amide bonds. The number of fused-ring (bicyclic) bond motifs is 1. The minimum atomic E-state index is 0.744. The number of rotatable bonds is 1. The first-order valence-corrected chi connectivity index (χ1v) is 6.40. The number of aromatic amines is 1. The van der Waals surface area contributed by atoms with Gasteiger partial charge in [0.2, 0.25) is 0 Å². The molecule has 3 rings (SSSR count). The molecular formula is C15H16N3+. The van der Waals surface area contributed by atoms with Crippen molar-refractivity contribution in [1.29, 1.82) is 5.26 Å². The van der Waals surface area contributed by atoms with E-state index in [4.69, 9.17) is 0 Å². The summed E-state index contributed by atoms with van der Waals surface area (Å²) in [7, 11) is 0. The molecule has 0 unspecified atom stereocenters. The predicted molar refractivity (Wildman–Crippen MR) is 71.4 cm³/mol. The molecule has 1 saturated heterocycles. The Bertz CT molecular complexity index is 634. The zero-order valence-corrected chi connectivity index (χ0v) is 10.5. The second-order valence-corrected chi connectivity index (χ2v) is 4.93. The fourth-order valence-corrected chi connectivity index (χ4v) is 2.60. The third-order valence-corrected chi connectivity index (χ3v) is 3.56. The molecule has 1 fully saturated rings. The molecule has 2 aromatic rings. The maximum absolute atomic E-state index is 9.30. The van der Waals surface area contributed by atoms with Crippen molar-refractivity contribution in [1.82, 2.24) is 0 Å². The van der Waals surface area contributed by atoms with Crippen molar-refractivity contribution in [2.75, 3.05) is 18.0 Å². The number of pyridine rings is 1. The van der Waals surface area contributed by atoms with Gasteiger partial charge in [0.25, 0.3) is 5.82 Å². The van der Waals surface area contributed by atoms with Gasteiger partial charge in [-0.2, -0.15) is 5.26 Å². The van der Waals surface area contributed by atoms with E-state index in [0.29, 0.717) is 0 Å². The summed E-state index contributed by atoms with van der Waals surface area (Å²) in [5, 5.41) is 10.4. The van der Waals surface area contributed by atoms with Crippen LogP contribution in [0.4, 0.5) is 5.82 Å². The third-order valence-electron chi connectivity index (χ3n) is 3.56. The van der Waals surface area contributed by atoms with Crippen LogP contribution in [-0.2, 0) is 0 Å². The number of nitriles is 1. The van der Waals surface area contributed by atoms with Crippen molar-refractivity contribution in [2.24, 2.45) is 0 Å². The average Bonchev–Trinajstić information content (AvgIpc) is 2.90. The lowest BCUT2D eigenvalue weighted by Crippen LogP contribution is -2.27. The Labute approximate surface area is 107 Å². The van der Waals surface area contributed by atoms with E-state index >= 15 is 0 Å². The lowest BCUT2D eigenvalue weighted by molar-refractivity contribution is -0.330. The quantitative estimate of drug-likeness (QED) is 0.765. The fourth-order valence-electron chi connectivity index (χ4n) is 2.60. The number of H-pyrrole nitrogens is 1. The minimum absolute atomic E-state index is 0.744. The first-order valence-electron chi connectivity index (χ1n) is 6.40. The smallest absolute Gasteiger partial charge is 0.261 e. The topological polar surface area (TPSA) is 41.2 Å². The Morgan fingerprint density at radius 2 is 2.00 bits per heavy atom. The zero-order valence-electron chi connectivity index (χ0n) is 10.5. The molecule has 0 bridgehead atoms. The second kappa shape index (κ2) is 4.30. The monoisotopic (exact) mass is 238 g/mol. The van der Waals surface area contributed by atoms with Crippen LogP contribution in [-0.4, -0.2) is 13.1 Å². The van der Waals surface area contributed by atoms with Gasteiger partial charge in [-0.25, -0.2) is 4.98 Å². The van der Waals surface area contributed by atoms with Crippen LogP contribution in [0, 0.1) is 18.3 Å². The van der Waals surface area contributed by atoms with Crippen LogP contribution in [0.3, 0.4) is 0 Å². The number of nitrogens with zero attached hydrogens (tertiary/aromatic N) is 2. The summed E-state index contributed by atoms with van der Waals surface area (Å²) in [6.45, 7) is 4.17. The van der Waals surface area contributed by atoms with E-state index in [1.807, 2.05) is 6.07 Å². The molecule has 18 heavy (non-hydrogen) atoms. The third kappa shape index (κ3) is 1.80. The van der Waals surface area contributed by atoms with E-state index in [1.165, 1.54) is 18.4 Å². The van der Waals surface area contributed by atoms with Gasteiger partial charge in [0.1, 0.15) is 17.1 Å². The van der Waals surface area contributed by atoms with Gasteiger partial charge in [0, 0.05) is 5.39 Å². The highest BCUT2D eigenvalue weighted by Crippen LogP contribution is 2.23. The lowest BCUT2D eigenvalue weighted by Gasteiger charge is -2.10. The first-order chi connectivity index (χ1) is 8.78. The normalized spacial score (nSPS) is 15.0. The van der Waals surface area contributed by atoms with Crippen LogP contribution in [0.2, 0.25) is 0 Å². The number of aryl methyl sites for hydroxylation is 1. The van der Waals surface area contributed by atoms with Crippen molar-refractivity contribution in [2.45, 2.75) is 19.8 Å². The Morgan fingerprint density at radius 3 is 2.72 bits per heavy atom. The summed E-state index contributed by atoms with van der Waals surface area (Å²) >= 11 is 0. The molecule has 3 nitrogen and oxygen atoms in total. The molecule has 1 aromatic heterocycles. The van der Waals surface area contributed by atoms with Gasteiger partial charge >= 0.3 is 0 Å². The van der Waals surface area contributed by atoms with Crippen LogP contribution >= 0.6 is 0 Å². The zero-order chi connectivity index (χ0) is 12.5. The van der Waals surface area contributed by atoms with Gasteiger partial charge in [0.15, 0.2) is 0 Å². The summed E-state index contributed by atoms with van der Waals surface area (Å²) in [6, 6.07) is 10.6. The van der Waals surface area contributed by atoms with Gasteiger partial charge in [-0.3, -0.25) is 4.90 Å². The molecule has 1 aliphatic heterocycles. The first kappa shape index (κ1) is 11.0. The van der Waals surface area contributed by atoms with Crippen LogP contribution < -0.4 is 9.88 Å². The number of hydrogen-bond donors (Lipinski definition) is 0. The van der Waals surface area contributed by atoms with Gasteiger partial charge in [-0.1, -0.05) is 12.1 Å². The lowest BCUT2D eigenvalue weighted by atomic mass is 10.1. The molecule has 0 spiro atoms. The molecule has 2 heterocycles. The number of hydrogen-bond acceptors (Lipinski definition) is 2. The summed E-state index contributed by atoms with van der Waals surface area (Å²) in [6.07, 6.45) is 2.43. The summed E-state index contributed by atoms with van der Waals surface area (Å²) < 4.78 is 0. The fraction of sp³-hybridized carbons (Fsp3) is 0.333. The Hall–Kier alpha value is -2.08. The van der Waals surface area contributed by atoms with Gasteiger partial charge in [-0.05, 0) is 37.5 Å². The van der Waals surface area contributed by atoms with E-state index in [9.17, 15) is 5.26 Å². The molecule has 1 N–H and O–H groups in total. The number of benzene rings is 1. The average molecular weight is 238 g/mol. The Morgan fingerprint density at radius 1 is 1.22 bits per heavy atom. The van der Waals surface area contributed by atoms with Crippen LogP contribution in [0.1, 0.15) is 24.0 Å². The van der Waals surface area contributed by atoms with Crippen molar-refractivity contribution in [3.8, 4) is 6.07 Å². The molecule has 0 aliphatic carbocycles. The highest BCUT2D eigenvalue weighted by atomic mass is 15.2. The van der Waals surface area contributed by atoms with Crippen molar-refractivity contribution in [3.63, 3.8) is 0 Å². The molecular weight excluding hydrogens is 222 g/mol. The summed E-state index contributed by atoms with van der Waals surface area (Å²) in [5.41, 5.74) is 3.08. The van der Waals surface area contributed by atoms with Crippen LogP contribution in [0.15, 0.2) is 24.3 Å². The SMILES string of the molecule is Cc1ccc2cc(C#N)c(N3CCCC3)[nH+]c2c1. The number of anilines is 1. The van der Waals surface area contributed by atoms with E-state index in [0.717, 1.165) is 35.4 Å². The van der Waals surface area contributed by atoms with E-state index in [1.54, 1.807) is 0 Å². The van der Waals surface area contributed by atoms with E-state index < -0.39 is 0 Å². The maximum atomic E-state index is 9.30. The van der Waals surface area contributed by atoms with Crippen molar-refractivity contribution in [3.05, 3.63) is 35.4 Å². The van der Waals surface area contributed by atoms with Gasteiger partial charge in [0.05, 0.1) is 13.1 Å². The molecule has 0 atom stereocenters. The maximum Gasteiger partial charge on any atom is 0.293 e. The van der Waals surface area contributed by atoms with E-state index in [2.05, 4.69) is 41.1 Å². The predicted octanol–water partition coefficient (Wildman–Crippen LogP) is 2.43. The Balaban J connectivity index is 2.19. The second-order valence-electron chi connectivity index (χ2n) is 4.93. The summed E-state index contributed by atoms with van der Waals surface area (Å²) in [5.74, 6) is 0.980. The van der Waals surface area contributed by atoms with E-state index in [-0.39, 0.29) is 0 Å². The van der Waals surface area contributed by atoms with Crippen LogP contribution in [0.5, 0.6) is 0 Å². The van der Waals surface area contributed by atoms with Crippen molar-refractivity contribution < 1.29 is 4.98 Å². The van der Waals surface area contributed by atoms with Gasteiger partial charge < -0.3 is 0 Å². The highest BCUT2D eigenvalue weighted by molar-refractivity contribution is 5.79.